The molecule has 0 radical (unpaired) electrons. The van der Waals surface area contributed by atoms with E-state index in [0.717, 1.165) is 10.8 Å². The monoisotopic (exact) mass is 348 g/mol. The molecule has 6 nitrogen and oxygen atoms in total. The molecule has 4 aromatic rings. The highest BCUT2D eigenvalue weighted by Crippen LogP contribution is 2.27. The number of ether oxygens (including phenoxy) is 1. The number of carbonyl (C=O) groups is 1. The summed E-state index contributed by atoms with van der Waals surface area (Å²) in [6.45, 7) is 0. The van der Waals surface area contributed by atoms with Crippen LogP contribution in [-0.2, 0) is 0 Å². The third kappa shape index (κ3) is 3.31. The molecule has 0 spiro atoms. The van der Waals surface area contributed by atoms with Crippen molar-refractivity contribution in [2.75, 3.05) is 5.32 Å². The van der Waals surface area contributed by atoms with Crippen molar-refractivity contribution in [2.24, 2.45) is 0 Å². The third-order valence-corrected chi connectivity index (χ3v) is 4.11. The van der Waals surface area contributed by atoms with Crippen LogP contribution in [0.25, 0.3) is 10.8 Å². The number of anilines is 1. The largest absolute Gasteiger partial charge is 0.437 e. The number of amides is 1. The summed E-state index contributed by atoms with van der Waals surface area (Å²) in [4.78, 5) is 16.0. The van der Waals surface area contributed by atoms with Crippen LogP contribution in [0.1, 0.15) is 10.5 Å². The molecule has 2 aromatic carbocycles. The molecule has 1 N–H and O–H groups in total. The summed E-state index contributed by atoms with van der Waals surface area (Å²) in [7, 11) is 0. The maximum Gasteiger partial charge on any atom is 0.275 e. The SMILES string of the molecule is O=C(Nc1ccc(Oc2nncc3ccccc23)cc1)c1cscn1. The lowest BCUT2D eigenvalue weighted by Gasteiger charge is -2.08. The van der Waals surface area contributed by atoms with Gasteiger partial charge in [0.25, 0.3) is 5.91 Å². The van der Waals surface area contributed by atoms with Gasteiger partial charge in [-0.25, -0.2) is 4.98 Å². The maximum absolute atomic E-state index is 12.0. The lowest BCUT2D eigenvalue weighted by molar-refractivity contribution is 0.102. The quantitative estimate of drug-likeness (QED) is 0.600. The Morgan fingerprint density at radius 2 is 1.92 bits per heavy atom. The molecular formula is C18H12N4O2S. The molecule has 25 heavy (non-hydrogen) atoms. The van der Waals surface area contributed by atoms with Crippen LogP contribution in [0.3, 0.4) is 0 Å². The van der Waals surface area contributed by atoms with Gasteiger partial charge in [0, 0.05) is 21.8 Å². The number of nitrogens with one attached hydrogen (secondary N) is 1. The van der Waals surface area contributed by atoms with E-state index in [1.54, 1.807) is 41.4 Å². The van der Waals surface area contributed by atoms with Gasteiger partial charge in [-0.15, -0.1) is 16.4 Å². The topological polar surface area (TPSA) is 77.0 Å². The molecule has 2 aromatic heterocycles. The molecule has 0 saturated carbocycles. The fourth-order valence-corrected chi connectivity index (χ4v) is 2.85. The van der Waals surface area contributed by atoms with Crippen LogP contribution in [-0.4, -0.2) is 21.1 Å². The van der Waals surface area contributed by atoms with Gasteiger partial charge in [0.2, 0.25) is 5.88 Å². The Hall–Kier alpha value is -3.32. The molecule has 2 heterocycles. The highest BCUT2D eigenvalue weighted by atomic mass is 32.1. The molecule has 0 aliphatic heterocycles. The highest BCUT2D eigenvalue weighted by Gasteiger charge is 2.09. The minimum Gasteiger partial charge on any atom is -0.437 e. The van der Waals surface area contributed by atoms with Crippen molar-refractivity contribution in [1.82, 2.24) is 15.2 Å². The van der Waals surface area contributed by atoms with E-state index < -0.39 is 0 Å². The van der Waals surface area contributed by atoms with Gasteiger partial charge in [-0.05, 0) is 30.3 Å². The molecule has 0 aliphatic rings. The summed E-state index contributed by atoms with van der Waals surface area (Å²) in [5.74, 6) is 0.810. The van der Waals surface area contributed by atoms with Crippen LogP contribution in [0, 0.1) is 0 Å². The summed E-state index contributed by atoms with van der Waals surface area (Å²) in [6.07, 6.45) is 1.69. The Morgan fingerprint density at radius 3 is 2.72 bits per heavy atom. The zero-order chi connectivity index (χ0) is 17.1. The Balaban J connectivity index is 1.51. The van der Waals surface area contributed by atoms with Crippen molar-refractivity contribution < 1.29 is 9.53 Å². The zero-order valence-corrected chi connectivity index (χ0v) is 13.7. The molecule has 0 saturated heterocycles. The fourth-order valence-electron chi connectivity index (χ4n) is 2.31. The lowest BCUT2D eigenvalue weighted by atomic mass is 10.2. The first-order valence-corrected chi connectivity index (χ1v) is 8.42. The van der Waals surface area contributed by atoms with Gasteiger partial charge in [0.05, 0.1) is 11.7 Å². The third-order valence-electron chi connectivity index (χ3n) is 3.53. The van der Waals surface area contributed by atoms with E-state index in [2.05, 4.69) is 20.5 Å². The van der Waals surface area contributed by atoms with Crippen molar-refractivity contribution in [1.29, 1.82) is 0 Å². The van der Waals surface area contributed by atoms with Crippen LogP contribution < -0.4 is 10.1 Å². The second-order valence-corrected chi connectivity index (χ2v) is 5.91. The summed E-state index contributed by atoms with van der Waals surface area (Å²) < 4.78 is 5.83. The summed E-state index contributed by atoms with van der Waals surface area (Å²) >= 11 is 1.38. The summed E-state index contributed by atoms with van der Waals surface area (Å²) in [5.41, 5.74) is 2.68. The number of thiazole rings is 1. The molecule has 4 rings (SSSR count). The minimum atomic E-state index is -0.241. The van der Waals surface area contributed by atoms with Crippen LogP contribution in [0.4, 0.5) is 5.69 Å². The van der Waals surface area contributed by atoms with E-state index in [1.165, 1.54) is 11.3 Å². The highest BCUT2D eigenvalue weighted by molar-refractivity contribution is 7.07. The predicted molar refractivity (Wildman–Crippen MR) is 96.1 cm³/mol. The molecule has 0 aliphatic carbocycles. The standard InChI is InChI=1S/C18H12N4O2S/c23-17(16-10-25-11-19-16)21-13-5-7-14(8-6-13)24-18-15-4-2-1-3-12(15)9-20-22-18/h1-11H,(H,21,23). The van der Waals surface area contributed by atoms with Gasteiger partial charge in [0.1, 0.15) is 11.4 Å². The normalized spacial score (nSPS) is 10.6. The van der Waals surface area contributed by atoms with Gasteiger partial charge in [0.15, 0.2) is 0 Å². The second kappa shape index (κ2) is 6.66. The smallest absolute Gasteiger partial charge is 0.275 e. The molecule has 7 heteroatoms. The van der Waals surface area contributed by atoms with Crippen LogP contribution in [0.15, 0.2) is 65.6 Å². The first-order valence-electron chi connectivity index (χ1n) is 7.47. The van der Waals surface area contributed by atoms with Crippen LogP contribution in [0.5, 0.6) is 11.6 Å². The summed E-state index contributed by atoms with van der Waals surface area (Å²) in [5, 5.41) is 14.3. The Labute approximate surface area is 147 Å². The Morgan fingerprint density at radius 1 is 1.08 bits per heavy atom. The first kappa shape index (κ1) is 15.2. The van der Waals surface area contributed by atoms with Gasteiger partial charge >= 0.3 is 0 Å². The lowest BCUT2D eigenvalue weighted by Crippen LogP contribution is -2.11. The van der Waals surface area contributed by atoms with Gasteiger partial charge in [-0.3, -0.25) is 4.79 Å². The van der Waals surface area contributed by atoms with Gasteiger partial charge in [-0.1, -0.05) is 18.2 Å². The number of aromatic nitrogens is 3. The molecular weight excluding hydrogens is 336 g/mol. The van der Waals surface area contributed by atoms with Crippen molar-refractivity contribution in [3.05, 3.63) is 71.3 Å². The van der Waals surface area contributed by atoms with E-state index >= 15 is 0 Å². The van der Waals surface area contributed by atoms with Crippen LogP contribution in [0.2, 0.25) is 0 Å². The Bertz CT molecular complexity index is 1010. The fraction of sp³-hybridized carbons (Fsp3) is 0. The van der Waals surface area contributed by atoms with E-state index in [9.17, 15) is 4.79 Å². The van der Waals surface area contributed by atoms with E-state index in [0.29, 0.717) is 23.0 Å². The van der Waals surface area contributed by atoms with E-state index in [-0.39, 0.29) is 5.91 Å². The van der Waals surface area contributed by atoms with Crippen molar-refractivity contribution in [3.63, 3.8) is 0 Å². The number of hydrogen-bond acceptors (Lipinski definition) is 6. The van der Waals surface area contributed by atoms with Gasteiger partial charge < -0.3 is 10.1 Å². The van der Waals surface area contributed by atoms with Crippen LogP contribution >= 0.6 is 11.3 Å². The molecule has 0 bridgehead atoms. The van der Waals surface area contributed by atoms with Crippen molar-refractivity contribution >= 4 is 33.7 Å². The molecule has 122 valence electrons. The number of rotatable bonds is 4. The predicted octanol–water partition coefficient (Wildman–Crippen LogP) is 4.13. The van der Waals surface area contributed by atoms with Gasteiger partial charge in [-0.2, -0.15) is 5.10 Å². The number of carbonyl (C=O) groups excluding carboxylic acids is 1. The number of nitrogens with zero attached hydrogens (tertiary/aromatic N) is 3. The molecule has 0 fully saturated rings. The van der Waals surface area contributed by atoms with E-state index in [1.807, 2.05) is 24.3 Å². The average Bonchev–Trinajstić information content (AvgIpc) is 3.19. The van der Waals surface area contributed by atoms with Crippen molar-refractivity contribution in [3.8, 4) is 11.6 Å². The zero-order valence-electron chi connectivity index (χ0n) is 12.9. The molecule has 0 unspecified atom stereocenters. The number of benzene rings is 2. The first-order chi connectivity index (χ1) is 12.3. The average molecular weight is 348 g/mol. The Kier molecular flexibility index (Phi) is 4.05. The van der Waals surface area contributed by atoms with Crippen molar-refractivity contribution in [2.45, 2.75) is 0 Å². The second-order valence-electron chi connectivity index (χ2n) is 5.19. The number of hydrogen-bond donors (Lipinski definition) is 1. The maximum atomic E-state index is 12.0. The molecule has 1 amide bonds. The van der Waals surface area contributed by atoms with E-state index in [4.69, 9.17) is 4.74 Å². The summed E-state index contributed by atoms with van der Waals surface area (Å²) in [6, 6.07) is 14.8. The molecule has 0 atom stereocenters. The number of fused-ring (bicyclic) bond motifs is 1. The minimum absolute atomic E-state index is 0.241.